The Morgan fingerprint density at radius 3 is 2.18 bits per heavy atom. The van der Waals surface area contributed by atoms with Crippen LogP contribution in [-0.4, -0.2) is 37.1 Å². The van der Waals surface area contributed by atoms with Crippen LogP contribution in [0.4, 0.5) is 5.69 Å². The molecule has 0 amide bonds. The molecule has 2 nitrogen and oxygen atoms in total. The predicted molar refractivity (Wildman–Crippen MR) is 96.2 cm³/mol. The van der Waals surface area contributed by atoms with Crippen molar-refractivity contribution in [3.8, 4) is 0 Å². The second-order valence-electron chi connectivity index (χ2n) is 7.88. The molecule has 2 saturated heterocycles. The molecule has 1 aromatic rings. The van der Waals surface area contributed by atoms with Crippen molar-refractivity contribution in [2.45, 2.75) is 57.9 Å². The average molecular weight is 321 g/mol. The van der Waals surface area contributed by atoms with Gasteiger partial charge in [-0.15, -0.1) is 0 Å². The lowest BCUT2D eigenvalue weighted by molar-refractivity contribution is 0.208. The van der Waals surface area contributed by atoms with Gasteiger partial charge in [-0.1, -0.05) is 38.4 Å². The summed E-state index contributed by atoms with van der Waals surface area (Å²) in [5.74, 6) is 0. The number of piperidine rings is 1. The lowest BCUT2D eigenvalue weighted by Gasteiger charge is -2.38. The maximum atomic E-state index is 6.58. The topological polar surface area (TPSA) is 6.48 Å². The third-order valence-electron chi connectivity index (χ3n) is 5.28. The fourth-order valence-corrected chi connectivity index (χ4v) is 4.11. The minimum Gasteiger partial charge on any atom is -0.370 e. The molecule has 0 radical (unpaired) electrons. The third-order valence-corrected chi connectivity index (χ3v) is 5.58. The van der Waals surface area contributed by atoms with Gasteiger partial charge in [0.25, 0.3) is 0 Å². The van der Waals surface area contributed by atoms with Gasteiger partial charge in [0.05, 0.1) is 10.7 Å². The van der Waals surface area contributed by atoms with Crippen LogP contribution in [0.25, 0.3) is 0 Å². The Bertz CT molecular complexity index is 507. The number of hydrogen-bond donors (Lipinski definition) is 0. The lowest BCUT2D eigenvalue weighted by atomic mass is 9.87. The maximum absolute atomic E-state index is 6.58. The lowest BCUT2D eigenvalue weighted by Crippen LogP contribution is -2.44. The van der Waals surface area contributed by atoms with E-state index in [0.717, 1.165) is 24.2 Å². The Labute approximate surface area is 140 Å². The van der Waals surface area contributed by atoms with Crippen LogP contribution in [0.3, 0.4) is 0 Å². The standard InChI is InChI=1S/C19H29ClN2/c1-19(2,3)15-6-7-18(17(20)14-15)22-12-8-16(9-13-22)21-10-4-5-11-21/h6-7,14,16H,4-5,8-13H2,1-3H3. The first kappa shape index (κ1) is 16.1. The predicted octanol–water partition coefficient (Wildman–Crippen LogP) is 4.70. The van der Waals surface area contributed by atoms with Crippen LogP contribution in [0, 0.1) is 0 Å². The van der Waals surface area contributed by atoms with Crippen molar-refractivity contribution in [3.05, 3.63) is 28.8 Å². The van der Waals surface area contributed by atoms with Crippen molar-refractivity contribution in [1.82, 2.24) is 4.90 Å². The van der Waals surface area contributed by atoms with Gasteiger partial charge < -0.3 is 9.80 Å². The maximum Gasteiger partial charge on any atom is 0.0642 e. The average Bonchev–Trinajstić information content (AvgIpc) is 3.01. The van der Waals surface area contributed by atoms with Crippen LogP contribution < -0.4 is 4.90 Å². The van der Waals surface area contributed by atoms with Gasteiger partial charge in [-0.05, 0) is 61.9 Å². The zero-order chi connectivity index (χ0) is 15.7. The first-order valence-electron chi connectivity index (χ1n) is 8.74. The molecule has 1 aromatic carbocycles. The van der Waals surface area contributed by atoms with E-state index in [0.29, 0.717) is 0 Å². The molecule has 2 aliphatic rings. The van der Waals surface area contributed by atoms with Crippen LogP contribution in [0.1, 0.15) is 52.0 Å². The van der Waals surface area contributed by atoms with Crippen LogP contribution >= 0.6 is 11.6 Å². The molecule has 0 aromatic heterocycles. The zero-order valence-electron chi connectivity index (χ0n) is 14.2. The first-order valence-corrected chi connectivity index (χ1v) is 9.12. The highest BCUT2D eigenvalue weighted by Gasteiger charge is 2.27. The number of likely N-dealkylation sites (tertiary alicyclic amines) is 1. The Kier molecular flexibility index (Phi) is 4.70. The summed E-state index contributed by atoms with van der Waals surface area (Å²) in [4.78, 5) is 5.17. The van der Waals surface area contributed by atoms with Crippen LogP contribution in [0.5, 0.6) is 0 Å². The molecule has 0 atom stereocenters. The second kappa shape index (κ2) is 6.41. The van der Waals surface area contributed by atoms with Gasteiger partial charge in [0, 0.05) is 19.1 Å². The summed E-state index contributed by atoms with van der Waals surface area (Å²) in [6.45, 7) is 11.6. The van der Waals surface area contributed by atoms with Crippen molar-refractivity contribution < 1.29 is 0 Å². The Morgan fingerprint density at radius 2 is 1.64 bits per heavy atom. The number of halogens is 1. The van der Waals surface area contributed by atoms with E-state index in [2.05, 4.69) is 48.8 Å². The number of nitrogens with zero attached hydrogens (tertiary/aromatic N) is 2. The molecule has 2 fully saturated rings. The van der Waals surface area contributed by atoms with E-state index in [-0.39, 0.29) is 5.41 Å². The fourth-order valence-electron chi connectivity index (χ4n) is 3.81. The first-order chi connectivity index (χ1) is 10.4. The van der Waals surface area contributed by atoms with E-state index >= 15 is 0 Å². The number of hydrogen-bond acceptors (Lipinski definition) is 2. The molecule has 122 valence electrons. The normalized spacial score (nSPS) is 21.5. The Morgan fingerprint density at radius 1 is 1.00 bits per heavy atom. The summed E-state index contributed by atoms with van der Waals surface area (Å²) >= 11 is 6.58. The van der Waals surface area contributed by atoms with E-state index in [9.17, 15) is 0 Å². The zero-order valence-corrected chi connectivity index (χ0v) is 15.0. The molecule has 3 heteroatoms. The minimum absolute atomic E-state index is 0.158. The van der Waals surface area contributed by atoms with Gasteiger partial charge >= 0.3 is 0 Å². The summed E-state index contributed by atoms with van der Waals surface area (Å²) in [7, 11) is 0. The second-order valence-corrected chi connectivity index (χ2v) is 8.28. The highest BCUT2D eigenvalue weighted by Crippen LogP contribution is 2.34. The van der Waals surface area contributed by atoms with Crippen LogP contribution in [0.15, 0.2) is 18.2 Å². The van der Waals surface area contributed by atoms with Gasteiger partial charge in [0.1, 0.15) is 0 Å². The van der Waals surface area contributed by atoms with Gasteiger partial charge in [-0.25, -0.2) is 0 Å². The SMILES string of the molecule is CC(C)(C)c1ccc(N2CCC(N3CCCC3)CC2)c(Cl)c1. The number of benzene rings is 1. The van der Waals surface area contributed by atoms with Crippen molar-refractivity contribution in [3.63, 3.8) is 0 Å². The van der Waals surface area contributed by atoms with Crippen molar-refractivity contribution in [2.24, 2.45) is 0 Å². The van der Waals surface area contributed by atoms with Crippen LogP contribution in [-0.2, 0) is 5.41 Å². The monoisotopic (exact) mass is 320 g/mol. The van der Waals surface area contributed by atoms with E-state index in [1.54, 1.807) is 0 Å². The molecule has 0 aliphatic carbocycles. The van der Waals surface area contributed by atoms with Gasteiger partial charge in [-0.2, -0.15) is 0 Å². The molecule has 2 heterocycles. The van der Waals surface area contributed by atoms with E-state index in [1.165, 1.54) is 50.0 Å². The molecule has 2 aliphatic heterocycles. The number of anilines is 1. The molecule has 0 N–H and O–H groups in total. The fraction of sp³-hybridized carbons (Fsp3) is 0.684. The smallest absolute Gasteiger partial charge is 0.0642 e. The Hall–Kier alpha value is -0.730. The molecule has 3 rings (SSSR count). The van der Waals surface area contributed by atoms with Gasteiger partial charge in [0.15, 0.2) is 0 Å². The molecular weight excluding hydrogens is 292 g/mol. The van der Waals surface area contributed by atoms with E-state index in [1.807, 2.05) is 0 Å². The van der Waals surface area contributed by atoms with Gasteiger partial charge in [0.2, 0.25) is 0 Å². The van der Waals surface area contributed by atoms with Crippen LogP contribution in [0.2, 0.25) is 5.02 Å². The highest BCUT2D eigenvalue weighted by molar-refractivity contribution is 6.33. The minimum atomic E-state index is 0.158. The molecule has 0 unspecified atom stereocenters. The quantitative estimate of drug-likeness (QED) is 0.779. The largest absolute Gasteiger partial charge is 0.370 e. The van der Waals surface area contributed by atoms with Crippen molar-refractivity contribution >= 4 is 17.3 Å². The van der Waals surface area contributed by atoms with Gasteiger partial charge in [-0.3, -0.25) is 0 Å². The van der Waals surface area contributed by atoms with Crippen molar-refractivity contribution in [2.75, 3.05) is 31.1 Å². The summed E-state index contributed by atoms with van der Waals surface area (Å²) in [6, 6.07) is 7.42. The molecular formula is C19H29ClN2. The van der Waals surface area contributed by atoms with Crippen molar-refractivity contribution in [1.29, 1.82) is 0 Å². The summed E-state index contributed by atoms with van der Waals surface area (Å²) in [5, 5.41) is 0.909. The summed E-state index contributed by atoms with van der Waals surface area (Å²) < 4.78 is 0. The Balaban J connectivity index is 1.66. The third kappa shape index (κ3) is 3.44. The number of rotatable bonds is 2. The molecule has 0 bridgehead atoms. The highest BCUT2D eigenvalue weighted by atomic mass is 35.5. The molecule has 22 heavy (non-hydrogen) atoms. The van der Waals surface area contributed by atoms with E-state index in [4.69, 9.17) is 11.6 Å². The molecule has 0 saturated carbocycles. The summed E-state index contributed by atoms with van der Waals surface area (Å²) in [5.41, 5.74) is 2.69. The van der Waals surface area contributed by atoms with E-state index < -0.39 is 0 Å². The molecule has 0 spiro atoms. The summed E-state index contributed by atoms with van der Waals surface area (Å²) in [6.07, 6.45) is 5.33.